The Balaban J connectivity index is 1.23. The highest BCUT2D eigenvalue weighted by Gasteiger charge is 2.39. The molecule has 2 amide bonds. The van der Waals surface area contributed by atoms with E-state index in [1.807, 2.05) is 0 Å². The quantitative estimate of drug-likeness (QED) is 0.624. The van der Waals surface area contributed by atoms with Crippen LogP contribution in [0, 0.1) is 11.6 Å². The van der Waals surface area contributed by atoms with E-state index in [9.17, 15) is 13.6 Å². The number of carbonyl (C=O) groups is 1. The third-order valence-corrected chi connectivity index (χ3v) is 5.45. The normalized spacial score (nSPS) is 18.2. The molecule has 5 heterocycles. The van der Waals surface area contributed by atoms with Gasteiger partial charge < -0.3 is 9.64 Å². The number of amides is 2. The van der Waals surface area contributed by atoms with Gasteiger partial charge in [-0.2, -0.15) is 10.2 Å². The van der Waals surface area contributed by atoms with Gasteiger partial charge in [0.25, 0.3) is 0 Å². The first-order chi connectivity index (χ1) is 15.5. The number of hydrazone groups is 1. The zero-order valence-corrected chi connectivity index (χ0v) is 17.1. The molecule has 32 heavy (non-hydrogen) atoms. The number of aromatic nitrogens is 4. The molecule has 1 saturated heterocycles. The van der Waals surface area contributed by atoms with Crippen LogP contribution in [0.3, 0.4) is 0 Å². The lowest BCUT2D eigenvalue weighted by Gasteiger charge is -2.41. The second-order valence-electron chi connectivity index (χ2n) is 7.60. The summed E-state index contributed by atoms with van der Waals surface area (Å²) in [7, 11) is 1.77. The summed E-state index contributed by atoms with van der Waals surface area (Å²) in [5, 5.41) is 9.56. The summed E-state index contributed by atoms with van der Waals surface area (Å²) in [6, 6.07) is 3.91. The van der Waals surface area contributed by atoms with Gasteiger partial charge in [0.15, 0.2) is 11.6 Å². The van der Waals surface area contributed by atoms with Crippen LogP contribution in [0.4, 0.5) is 13.6 Å². The Morgan fingerprint density at radius 2 is 2.03 bits per heavy atom. The average molecular weight is 439 g/mol. The van der Waals surface area contributed by atoms with Crippen LogP contribution in [0.15, 0.2) is 48.1 Å². The minimum atomic E-state index is -0.580. The maximum atomic E-state index is 14.3. The molecule has 0 aromatic carbocycles. The van der Waals surface area contributed by atoms with Crippen molar-refractivity contribution >= 4 is 12.2 Å². The Labute approximate surface area is 181 Å². The van der Waals surface area contributed by atoms with Gasteiger partial charge >= 0.3 is 6.03 Å². The summed E-state index contributed by atoms with van der Waals surface area (Å²) in [5.74, 6) is -0.983. The number of hydrogen-bond acceptors (Lipinski definition) is 6. The molecule has 0 aliphatic carbocycles. The Morgan fingerprint density at radius 3 is 2.78 bits per heavy atom. The predicted molar refractivity (Wildman–Crippen MR) is 110 cm³/mol. The van der Waals surface area contributed by atoms with E-state index in [1.165, 1.54) is 23.3 Å². The molecule has 0 N–H and O–H groups in total. The Bertz CT molecular complexity index is 1190. The zero-order chi connectivity index (χ0) is 22.2. The summed E-state index contributed by atoms with van der Waals surface area (Å²) in [5.41, 5.74) is 1.84. The van der Waals surface area contributed by atoms with Crippen LogP contribution in [0.5, 0.6) is 5.75 Å². The topological polar surface area (TPSA) is 88.7 Å². The molecule has 9 nitrogen and oxygen atoms in total. The Hall–Kier alpha value is -3.89. The lowest BCUT2D eigenvalue weighted by molar-refractivity contribution is 0.0256. The van der Waals surface area contributed by atoms with E-state index in [0.717, 1.165) is 18.1 Å². The number of rotatable bonds is 4. The van der Waals surface area contributed by atoms with E-state index < -0.39 is 17.7 Å². The van der Waals surface area contributed by atoms with Crippen LogP contribution in [-0.4, -0.2) is 61.1 Å². The smallest absolute Gasteiger partial charge is 0.341 e. The van der Waals surface area contributed by atoms with Crippen LogP contribution in [0.2, 0.25) is 0 Å². The number of pyridine rings is 2. The van der Waals surface area contributed by atoms with E-state index in [4.69, 9.17) is 4.74 Å². The minimum Gasteiger partial charge on any atom is -0.483 e. The lowest BCUT2D eigenvalue weighted by Crippen LogP contribution is -2.58. The molecule has 3 aromatic rings. The summed E-state index contributed by atoms with van der Waals surface area (Å²) in [4.78, 5) is 22.4. The van der Waals surface area contributed by atoms with Crippen molar-refractivity contribution in [2.45, 2.75) is 18.6 Å². The van der Waals surface area contributed by atoms with Gasteiger partial charge in [0.2, 0.25) is 0 Å². The number of carbonyl (C=O) groups excluding carboxylic acids is 1. The monoisotopic (exact) mass is 439 g/mol. The largest absolute Gasteiger partial charge is 0.483 e. The first kappa shape index (κ1) is 20.0. The third-order valence-electron chi connectivity index (χ3n) is 5.45. The van der Waals surface area contributed by atoms with Gasteiger partial charge in [0.1, 0.15) is 11.9 Å². The SMILES string of the molecule is Cn1nccc1-c1cc(OC2CN(C(=O)N3N=CC[C@H]3c3cncc(F)c3)C2)c(F)cn1. The molecule has 0 unspecified atom stereocenters. The predicted octanol–water partition coefficient (Wildman–Crippen LogP) is 2.77. The average Bonchev–Trinajstić information content (AvgIpc) is 3.40. The number of ether oxygens (including phenoxy) is 1. The molecule has 0 spiro atoms. The number of likely N-dealkylation sites (tertiary alicyclic amines) is 1. The van der Waals surface area contributed by atoms with E-state index >= 15 is 0 Å². The summed E-state index contributed by atoms with van der Waals surface area (Å²) in [6.45, 7) is 0.559. The first-order valence-electron chi connectivity index (χ1n) is 10.0. The first-order valence-corrected chi connectivity index (χ1v) is 10.0. The standard InChI is InChI=1S/C21H19F2N7O2/c1-28-19(3-4-26-28)17-7-20(16(23)10-25-17)32-15-11-29(12-15)21(31)30-18(2-5-27-30)13-6-14(22)9-24-8-13/h3-10,15,18H,2,11-12H2,1H3/t18-/m0/s1. The molecule has 3 aromatic heterocycles. The van der Waals surface area contributed by atoms with Crippen LogP contribution in [0.25, 0.3) is 11.4 Å². The van der Waals surface area contributed by atoms with Crippen LogP contribution in [0.1, 0.15) is 18.0 Å². The van der Waals surface area contributed by atoms with E-state index in [-0.39, 0.29) is 31.0 Å². The second-order valence-corrected chi connectivity index (χ2v) is 7.60. The number of nitrogens with zero attached hydrogens (tertiary/aromatic N) is 7. The van der Waals surface area contributed by atoms with Crippen LogP contribution < -0.4 is 4.74 Å². The molecule has 164 valence electrons. The van der Waals surface area contributed by atoms with Gasteiger partial charge in [-0.3, -0.25) is 14.6 Å². The molecule has 5 rings (SSSR count). The van der Waals surface area contributed by atoms with Gasteiger partial charge in [-0.1, -0.05) is 0 Å². The third kappa shape index (κ3) is 3.66. The molecule has 2 aliphatic heterocycles. The second kappa shape index (κ2) is 7.98. The van der Waals surface area contributed by atoms with Crippen molar-refractivity contribution < 1.29 is 18.3 Å². The maximum Gasteiger partial charge on any atom is 0.341 e. The number of urea groups is 1. The minimum absolute atomic E-state index is 0.0659. The van der Waals surface area contributed by atoms with E-state index in [0.29, 0.717) is 17.7 Å². The molecular formula is C21H19F2N7O2. The maximum absolute atomic E-state index is 14.3. The molecular weight excluding hydrogens is 420 g/mol. The van der Waals surface area contributed by atoms with E-state index in [1.54, 1.807) is 35.1 Å². The fraction of sp³-hybridized carbons (Fsp3) is 0.286. The van der Waals surface area contributed by atoms with Crippen LogP contribution in [-0.2, 0) is 7.05 Å². The van der Waals surface area contributed by atoms with Gasteiger partial charge in [-0.15, -0.1) is 0 Å². The van der Waals surface area contributed by atoms with Crippen molar-refractivity contribution in [1.29, 1.82) is 0 Å². The Kier molecular flexibility index (Phi) is 5.00. The van der Waals surface area contributed by atoms with Crippen molar-refractivity contribution in [2.24, 2.45) is 12.1 Å². The van der Waals surface area contributed by atoms with Crippen molar-refractivity contribution in [3.63, 3.8) is 0 Å². The lowest BCUT2D eigenvalue weighted by atomic mass is 10.1. The van der Waals surface area contributed by atoms with Gasteiger partial charge in [0, 0.05) is 38.1 Å². The summed E-state index contributed by atoms with van der Waals surface area (Å²) in [6.07, 6.45) is 7.10. The zero-order valence-electron chi connectivity index (χ0n) is 17.1. The number of aryl methyl sites for hydroxylation is 1. The molecule has 0 bridgehead atoms. The highest BCUT2D eigenvalue weighted by Crippen LogP contribution is 2.31. The van der Waals surface area contributed by atoms with Crippen molar-refractivity contribution in [3.8, 4) is 17.1 Å². The summed E-state index contributed by atoms with van der Waals surface area (Å²) < 4.78 is 35.2. The van der Waals surface area contributed by atoms with Crippen LogP contribution >= 0.6 is 0 Å². The highest BCUT2D eigenvalue weighted by molar-refractivity contribution is 5.79. The van der Waals surface area contributed by atoms with Gasteiger partial charge in [-0.25, -0.2) is 18.6 Å². The molecule has 0 radical (unpaired) electrons. The summed E-state index contributed by atoms with van der Waals surface area (Å²) >= 11 is 0. The van der Waals surface area contributed by atoms with E-state index in [2.05, 4.69) is 20.2 Å². The van der Waals surface area contributed by atoms with Crippen molar-refractivity contribution in [1.82, 2.24) is 29.7 Å². The Morgan fingerprint density at radius 1 is 1.19 bits per heavy atom. The van der Waals surface area contributed by atoms with Gasteiger partial charge in [-0.05, 0) is 17.7 Å². The number of hydrogen-bond donors (Lipinski definition) is 0. The molecule has 0 saturated carbocycles. The molecule has 1 fully saturated rings. The van der Waals surface area contributed by atoms with Crippen molar-refractivity contribution in [3.05, 3.63) is 60.2 Å². The number of halogens is 2. The fourth-order valence-electron chi connectivity index (χ4n) is 3.75. The van der Waals surface area contributed by atoms with Crippen molar-refractivity contribution in [2.75, 3.05) is 13.1 Å². The highest BCUT2D eigenvalue weighted by atomic mass is 19.1. The fourth-order valence-corrected chi connectivity index (χ4v) is 3.75. The van der Waals surface area contributed by atoms with Gasteiger partial charge in [0.05, 0.1) is 42.9 Å². The molecule has 11 heteroatoms. The molecule has 1 atom stereocenters. The molecule has 2 aliphatic rings.